The van der Waals surface area contributed by atoms with E-state index in [1.165, 1.54) is 6.07 Å². The highest BCUT2D eigenvalue weighted by atomic mass is 19.1. The maximum atomic E-state index is 13.1. The Morgan fingerprint density at radius 2 is 1.92 bits per heavy atom. The van der Waals surface area contributed by atoms with Crippen LogP contribution in [0.5, 0.6) is 0 Å². The van der Waals surface area contributed by atoms with Crippen LogP contribution in [0.4, 0.5) is 4.39 Å². The van der Waals surface area contributed by atoms with E-state index in [1.807, 2.05) is 19.9 Å². The van der Waals surface area contributed by atoms with Crippen molar-refractivity contribution >= 4 is 0 Å². The molecular weight excluding hydrogens is 153 g/mol. The second kappa shape index (κ2) is 3.23. The monoisotopic (exact) mass is 167 g/mol. The van der Waals surface area contributed by atoms with Crippen molar-refractivity contribution in [1.82, 2.24) is 0 Å². The largest absolute Gasteiger partial charge is 0.325 e. The third kappa shape index (κ3) is 2.62. The van der Waals surface area contributed by atoms with E-state index < -0.39 is 0 Å². The van der Waals surface area contributed by atoms with Gasteiger partial charge in [0.05, 0.1) is 0 Å². The third-order valence-electron chi connectivity index (χ3n) is 1.60. The number of halogens is 1. The Balaban J connectivity index is 2.83. The number of nitrogens with two attached hydrogens (primary N) is 1. The quantitative estimate of drug-likeness (QED) is 0.717. The first-order valence-electron chi connectivity index (χ1n) is 4.01. The Hall–Kier alpha value is -0.890. The van der Waals surface area contributed by atoms with Crippen LogP contribution in [-0.4, -0.2) is 5.54 Å². The normalized spacial score (nSPS) is 11.7. The molecule has 1 nitrogen and oxygen atoms in total. The molecule has 1 rings (SSSR count). The van der Waals surface area contributed by atoms with E-state index in [0.29, 0.717) is 12.0 Å². The van der Waals surface area contributed by atoms with Crippen molar-refractivity contribution in [2.45, 2.75) is 25.8 Å². The van der Waals surface area contributed by atoms with Gasteiger partial charge in [-0.05, 0) is 31.9 Å². The van der Waals surface area contributed by atoms with Crippen LogP contribution < -0.4 is 5.73 Å². The van der Waals surface area contributed by atoms with Crippen molar-refractivity contribution in [3.63, 3.8) is 0 Å². The average molecular weight is 167 g/mol. The van der Waals surface area contributed by atoms with Crippen LogP contribution in [-0.2, 0) is 6.42 Å². The highest BCUT2D eigenvalue weighted by Gasteiger charge is 2.13. The van der Waals surface area contributed by atoms with Crippen molar-refractivity contribution in [3.8, 4) is 0 Å². The smallest absolute Gasteiger partial charge is 0.126 e. The van der Waals surface area contributed by atoms with Gasteiger partial charge < -0.3 is 5.73 Å². The van der Waals surface area contributed by atoms with Crippen molar-refractivity contribution in [3.05, 3.63) is 35.6 Å². The minimum Gasteiger partial charge on any atom is -0.325 e. The summed E-state index contributed by atoms with van der Waals surface area (Å²) in [5, 5.41) is 0. The summed E-state index contributed by atoms with van der Waals surface area (Å²) in [6.45, 7) is 3.78. The van der Waals surface area contributed by atoms with Crippen molar-refractivity contribution < 1.29 is 4.39 Å². The lowest BCUT2D eigenvalue weighted by molar-refractivity contribution is 0.497. The van der Waals surface area contributed by atoms with E-state index in [9.17, 15) is 4.39 Å². The fraction of sp³-hybridized carbons (Fsp3) is 0.400. The molecule has 0 saturated carbocycles. The van der Waals surface area contributed by atoms with Crippen LogP contribution in [0.15, 0.2) is 24.3 Å². The fourth-order valence-corrected chi connectivity index (χ4v) is 1.13. The van der Waals surface area contributed by atoms with E-state index in [4.69, 9.17) is 5.73 Å². The molecule has 0 atom stereocenters. The molecule has 0 aliphatic carbocycles. The van der Waals surface area contributed by atoms with E-state index in [0.717, 1.165) is 0 Å². The van der Waals surface area contributed by atoms with Crippen LogP contribution in [0, 0.1) is 5.82 Å². The first-order chi connectivity index (χ1) is 5.49. The topological polar surface area (TPSA) is 26.0 Å². The average Bonchev–Trinajstić information content (AvgIpc) is 1.91. The van der Waals surface area contributed by atoms with Crippen molar-refractivity contribution in [1.29, 1.82) is 0 Å². The summed E-state index contributed by atoms with van der Waals surface area (Å²) < 4.78 is 13.1. The van der Waals surface area contributed by atoms with E-state index in [-0.39, 0.29) is 11.4 Å². The van der Waals surface area contributed by atoms with Gasteiger partial charge in [0.1, 0.15) is 5.82 Å². The summed E-state index contributed by atoms with van der Waals surface area (Å²) in [6, 6.07) is 6.73. The molecule has 1 aromatic carbocycles. The molecule has 66 valence electrons. The summed E-state index contributed by atoms with van der Waals surface area (Å²) in [5.41, 5.74) is 6.11. The molecule has 0 aliphatic heterocycles. The van der Waals surface area contributed by atoms with Crippen LogP contribution in [0.3, 0.4) is 0 Å². The van der Waals surface area contributed by atoms with Gasteiger partial charge in [-0.25, -0.2) is 4.39 Å². The van der Waals surface area contributed by atoms with Gasteiger partial charge in [0, 0.05) is 5.54 Å². The van der Waals surface area contributed by atoms with Gasteiger partial charge in [0.15, 0.2) is 0 Å². The van der Waals surface area contributed by atoms with E-state index >= 15 is 0 Å². The summed E-state index contributed by atoms with van der Waals surface area (Å²) in [7, 11) is 0. The molecule has 2 N–H and O–H groups in total. The predicted molar refractivity (Wildman–Crippen MR) is 48.4 cm³/mol. The molecule has 0 aromatic heterocycles. The van der Waals surface area contributed by atoms with Gasteiger partial charge in [0.25, 0.3) is 0 Å². The Morgan fingerprint density at radius 1 is 1.33 bits per heavy atom. The van der Waals surface area contributed by atoms with Crippen LogP contribution in [0.25, 0.3) is 0 Å². The maximum absolute atomic E-state index is 13.1. The highest BCUT2D eigenvalue weighted by Crippen LogP contribution is 2.13. The first-order valence-corrected chi connectivity index (χ1v) is 4.01. The zero-order chi connectivity index (χ0) is 9.19. The molecule has 0 spiro atoms. The number of rotatable bonds is 2. The Kier molecular flexibility index (Phi) is 2.48. The molecule has 0 heterocycles. The van der Waals surface area contributed by atoms with Gasteiger partial charge >= 0.3 is 0 Å². The lowest BCUT2D eigenvalue weighted by Gasteiger charge is -2.18. The van der Waals surface area contributed by atoms with E-state index in [1.54, 1.807) is 12.1 Å². The number of hydrogen-bond donors (Lipinski definition) is 1. The fourth-order valence-electron chi connectivity index (χ4n) is 1.13. The predicted octanol–water partition coefficient (Wildman–Crippen LogP) is 2.11. The van der Waals surface area contributed by atoms with Crippen molar-refractivity contribution in [2.75, 3.05) is 0 Å². The van der Waals surface area contributed by atoms with E-state index in [2.05, 4.69) is 0 Å². The number of benzene rings is 1. The molecular formula is C10H14FN. The van der Waals surface area contributed by atoms with Crippen LogP contribution >= 0.6 is 0 Å². The molecule has 0 radical (unpaired) electrons. The van der Waals surface area contributed by atoms with Crippen LogP contribution in [0.1, 0.15) is 19.4 Å². The molecule has 1 aromatic rings. The molecule has 0 fully saturated rings. The van der Waals surface area contributed by atoms with Gasteiger partial charge in [-0.3, -0.25) is 0 Å². The Labute approximate surface area is 72.4 Å². The summed E-state index contributed by atoms with van der Waals surface area (Å²) in [6.07, 6.45) is 0.569. The summed E-state index contributed by atoms with van der Waals surface area (Å²) in [5.74, 6) is -0.170. The number of hydrogen-bond acceptors (Lipinski definition) is 1. The molecule has 0 saturated heterocycles. The first kappa shape index (κ1) is 9.20. The second-order valence-corrected chi connectivity index (χ2v) is 3.76. The van der Waals surface area contributed by atoms with Gasteiger partial charge in [-0.2, -0.15) is 0 Å². The zero-order valence-electron chi connectivity index (χ0n) is 7.47. The maximum Gasteiger partial charge on any atom is 0.126 e. The summed E-state index contributed by atoms with van der Waals surface area (Å²) >= 11 is 0. The van der Waals surface area contributed by atoms with Crippen LogP contribution in [0.2, 0.25) is 0 Å². The molecule has 2 heteroatoms. The van der Waals surface area contributed by atoms with Gasteiger partial charge in [-0.15, -0.1) is 0 Å². The SMILES string of the molecule is CC(C)(N)Cc1ccccc1F. The zero-order valence-corrected chi connectivity index (χ0v) is 7.47. The molecule has 0 aliphatic rings. The molecule has 0 amide bonds. The highest BCUT2D eigenvalue weighted by molar-refractivity contribution is 5.19. The Morgan fingerprint density at radius 3 is 2.42 bits per heavy atom. The lowest BCUT2D eigenvalue weighted by atomic mass is 9.96. The Bertz CT molecular complexity index is 263. The third-order valence-corrected chi connectivity index (χ3v) is 1.60. The molecule has 0 unspecified atom stereocenters. The minimum atomic E-state index is -0.345. The molecule has 0 bridgehead atoms. The van der Waals surface area contributed by atoms with Gasteiger partial charge in [-0.1, -0.05) is 18.2 Å². The lowest BCUT2D eigenvalue weighted by Crippen LogP contribution is -2.34. The molecule has 12 heavy (non-hydrogen) atoms. The second-order valence-electron chi connectivity index (χ2n) is 3.76. The summed E-state index contributed by atoms with van der Waals surface area (Å²) in [4.78, 5) is 0. The van der Waals surface area contributed by atoms with Crippen molar-refractivity contribution in [2.24, 2.45) is 5.73 Å². The standard InChI is InChI=1S/C10H14FN/c1-10(2,12)7-8-5-3-4-6-9(8)11/h3-6H,7,12H2,1-2H3. The van der Waals surface area contributed by atoms with Gasteiger partial charge in [0.2, 0.25) is 0 Å². The minimum absolute atomic E-state index is 0.170.